The highest BCUT2D eigenvalue weighted by atomic mass is 35.5. The molecule has 2 aromatic rings. The minimum atomic E-state index is -0.321. The van der Waals surface area contributed by atoms with Crippen LogP contribution in [0.5, 0.6) is 0 Å². The molecule has 144 valence electrons. The Hall–Kier alpha value is -2.43. The molecule has 1 saturated heterocycles. The second-order valence-corrected chi connectivity index (χ2v) is 8.42. The zero-order valence-electron chi connectivity index (χ0n) is 15.4. The first-order valence-corrected chi connectivity index (χ1v) is 10.5. The molecule has 0 spiro atoms. The van der Waals surface area contributed by atoms with Crippen LogP contribution in [0.25, 0.3) is 10.9 Å². The van der Waals surface area contributed by atoms with E-state index >= 15 is 0 Å². The molecule has 28 heavy (non-hydrogen) atoms. The van der Waals surface area contributed by atoms with Gasteiger partial charge in [0.2, 0.25) is 0 Å². The number of nitriles is 1. The van der Waals surface area contributed by atoms with Crippen LogP contribution in [0.4, 0.5) is 5.69 Å². The van der Waals surface area contributed by atoms with Crippen LogP contribution >= 0.6 is 23.4 Å². The number of benzene rings is 1. The Bertz CT molecular complexity index is 1090. The van der Waals surface area contributed by atoms with Crippen LogP contribution in [-0.2, 0) is 11.8 Å². The molecule has 3 heterocycles. The van der Waals surface area contributed by atoms with E-state index in [1.807, 2.05) is 15.9 Å². The van der Waals surface area contributed by atoms with Crippen molar-refractivity contribution in [1.29, 1.82) is 5.26 Å². The normalized spacial score (nSPS) is 17.0. The highest BCUT2D eigenvalue weighted by Gasteiger charge is 2.28. The first-order valence-electron chi connectivity index (χ1n) is 9.11. The quantitative estimate of drug-likeness (QED) is 0.755. The van der Waals surface area contributed by atoms with Gasteiger partial charge < -0.3 is 14.4 Å². The number of carbonyl (C=O) groups excluding carboxylic acids is 1. The van der Waals surface area contributed by atoms with Gasteiger partial charge in [0.15, 0.2) is 0 Å². The number of amides is 1. The van der Waals surface area contributed by atoms with E-state index in [4.69, 9.17) is 11.6 Å². The number of rotatable bonds is 2. The van der Waals surface area contributed by atoms with Crippen LogP contribution < -0.4 is 10.5 Å². The summed E-state index contributed by atoms with van der Waals surface area (Å²) in [4.78, 5) is 30.0. The zero-order chi connectivity index (χ0) is 19.8. The van der Waals surface area contributed by atoms with Gasteiger partial charge >= 0.3 is 0 Å². The van der Waals surface area contributed by atoms with Gasteiger partial charge in [0.1, 0.15) is 11.6 Å². The van der Waals surface area contributed by atoms with E-state index in [0.717, 1.165) is 28.0 Å². The number of thioether (sulfide) groups is 1. The topological polar surface area (TPSA) is 69.3 Å². The summed E-state index contributed by atoms with van der Waals surface area (Å²) in [6.07, 6.45) is 2.95. The lowest BCUT2D eigenvalue weighted by Gasteiger charge is -2.37. The van der Waals surface area contributed by atoms with Crippen molar-refractivity contribution in [3.8, 4) is 6.07 Å². The predicted octanol–water partition coefficient (Wildman–Crippen LogP) is 2.73. The van der Waals surface area contributed by atoms with E-state index in [2.05, 4.69) is 6.07 Å². The summed E-state index contributed by atoms with van der Waals surface area (Å²) >= 11 is 7.81. The molecule has 0 aliphatic carbocycles. The molecular weight excluding hydrogens is 396 g/mol. The molecule has 0 unspecified atom stereocenters. The maximum Gasteiger partial charge on any atom is 0.270 e. The molecule has 8 heteroatoms. The number of allylic oxidation sites excluding steroid dienone is 1. The molecule has 1 amide bonds. The third-order valence-corrected chi connectivity index (χ3v) is 6.57. The Balaban J connectivity index is 1.69. The summed E-state index contributed by atoms with van der Waals surface area (Å²) in [6, 6.07) is 7.41. The number of nitrogens with zero attached hydrogens (tertiary/aromatic N) is 4. The number of fused-ring (bicyclic) bond motifs is 1. The van der Waals surface area contributed by atoms with Crippen LogP contribution in [0.1, 0.15) is 12.0 Å². The molecule has 1 aromatic carbocycles. The molecule has 6 nitrogen and oxygen atoms in total. The minimum Gasteiger partial charge on any atom is -0.366 e. The van der Waals surface area contributed by atoms with Crippen LogP contribution in [0.2, 0.25) is 5.02 Å². The summed E-state index contributed by atoms with van der Waals surface area (Å²) in [5.41, 5.74) is 1.14. The molecule has 2 aliphatic heterocycles. The Morgan fingerprint density at radius 1 is 1.25 bits per heavy atom. The van der Waals surface area contributed by atoms with Crippen LogP contribution in [0.15, 0.2) is 34.0 Å². The fourth-order valence-electron chi connectivity index (χ4n) is 3.79. The maximum absolute atomic E-state index is 12.7. The van der Waals surface area contributed by atoms with E-state index in [1.54, 1.807) is 37.0 Å². The Kier molecular flexibility index (Phi) is 5.09. The van der Waals surface area contributed by atoms with E-state index in [9.17, 15) is 14.9 Å². The first-order chi connectivity index (χ1) is 13.5. The lowest BCUT2D eigenvalue weighted by molar-refractivity contribution is -0.126. The number of hydrogen-bond donors (Lipinski definition) is 0. The largest absolute Gasteiger partial charge is 0.366 e. The number of hydrogen-bond acceptors (Lipinski definition) is 5. The molecule has 0 radical (unpaired) electrons. The maximum atomic E-state index is 12.7. The van der Waals surface area contributed by atoms with E-state index in [1.165, 1.54) is 4.57 Å². The summed E-state index contributed by atoms with van der Waals surface area (Å²) in [5.74, 6) is 1.05. The number of aryl methyl sites for hydroxylation is 1. The average Bonchev–Trinajstić information content (AvgIpc) is 3.25. The Morgan fingerprint density at radius 2 is 2.00 bits per heavy atom. The number of pyridine rings is 1. The molecule has 0 saturated carbocycles. The van der Waals surface area contributed by atoms with Gasteiger partial charge in [-0.05, 0) is 24.6 Å². The summed E-state index contributed by atoms with van der Waals surface area (Å²) in [7, 11) is 1.66. The first kappa shape index (κ1) is 18.9. The van der Waals surface area contributed by atoms with E-state index in [0.29, 0.717) is 36.9 Å². The molecule has 1 aromatic heterocycles. The zero-order valence-corrected chi connectivity index (χ0v) is 17.0. The predicted molar refractivity (Wildman–Crippen MR) is 113 cm³/mol. The molecule has 0 bridgehead atoms. The molecule has 0 N–H and O–H groups in total. The summed E-state index contributed by atoms with van der Waals surface area (Å²) in [5, 5.41) is 11.0. The summed E-state index contributed by atoms with van der Waals surface area (Å²) < 4.78 is 1.48. The van der Waals surface area contributed by atoms with Gasteiger partial charge in [-0.15, -0.1) is 11.8 Å². The third kappa shape index (κ3) is 3.17. The highest BCUT2D eigenvalue weighted by Crippen LogP contribution is 2.32. The third-order valence-electron chi connectivity index (χ3n) is 5.24. The molecule has 2 aliphatic rings. The number of halogens is 1. The van der Waals surface area contributed by atoms with Gasteiger partial charge in [0.05, 0.1) is 16.1 Å². The van der Waals surface area contributed by atoms with Crippen LogP contribution in [0, 0.1) is 11.3 Å². The van der Waals surface area contributed by atoms with Crippen molar-refractivity contribution in [2.45, 2.75) is 6.42 Å². The lowest BCUT2D eigenvalue weighted by atomic mass is 10.1. The Morgan fingerprint density at radius 3 is 2.64 bits per heavy atom. The van der Waals surface area contributed by atoms with Gasteiger partial charge in [-0.1, -0.05) is 17.7 Å². The fraction of sp³-hybridized carbons (Fsp3) is 0.350. The molecule has 0 atom stereocenters. The van der Waals surface area contributed by atoms with Gasteiger partial charge in [-0.2, -0.15) is 5.26 Å². The van der Waals surface area contributed by atoms with Gasteiger partial charge in [-0.25, -0.2) is 0 Å². The van der Waals surface area contributed by atoms with Crippen molar-refractivity contribution in [3.05, 3.63) is 50.1 Å². The number of aromatic nitrogens is 1. The monoisotopic (exact) mass is 414 g/mol. The van der Waals surface area contributed by atoms with Crippen molar-refractivity contribution in [2.75, 3.05) is 36.8 Å². The highest BCUT2D eigenvalue weighted by molar-refractivity contribution is 8.04. The SMILES string of the molecule is Cn1c(=O)c(C#N)c(N2CCN(C(=O)C3=CCCS3)CC2)c2cc(Cl)ccc21. The Labute approximate surface area is 172 Å². The van der Waals surface area contributed by atoms with Crippen LogP contribution in [-0.4, -0.2) is 47.3 Å². The number of piperazine rings is 1. The average molecular weight is 415 g/mol. The number of carbonyl (C=O) groups is 1. The minimum absolute atomic E-state index is 0.0829. The van der Waals surface area contributed by atoms with Crippen molar-refractivity contribution in [2.24, 2.45) is 7.05 Å². The van der Waals surface area contributed by atoms with E-state index in [-0.39, 0.29) is 17.0 Å². The second-order valence-electron chi connectivity index (χ2n) is 6.85. The second kappa shape index (κ2) is 7.53. The lowest BCUT2D eigenvalue weighted by Crippen LogP contribution is -2.49. The van der Waals surface area contributed by atoms with Crippen LogP contribution in [0.3, 0.4) is 0 Å². The van der Waals surface area contributed by atoms with Crippen molar-refractivity contribution in [1.82, 2.24) is 9.47 Å². The number of anilines is 1. The standard InChI is InChI=1S/C20H19ClN4O2S/c1-23-16-5-4-13(21)11-14(16)18(15(12-22)19(23)26)24-6-8-25(9-7-24)20(27)17-3-2-10-28-17/h3-5,11H,2,6-10H2,1H3. The van der Waals surface area contributed by atoms with Gasteiger partial charge in [0, 0.05) is 49.4 Å². The smallest absolute Gasteiger partial charge is 0.270 e. The van der Waals surface area contributed by atoms with Gasteiger partial charge in [0.25, 0.3) is 11.5 Å². The van der Waals surface area contributed by atoms with Crippen molar-refractivity contribution < 1.29 is 4.79 Å². The molecule has 1 fully saturated rings. The fourth-order valence-corrected chi connectivity index (χ4v) is 4.90. The van der Waals surface area contributed by atoms with E-state index < -0.39 is 0 Å². The summed E-state index contributed by atoms with van der Waals surface area (Å²) in [6.45, 7) is 2.23. The van der Waals surface area contributed by atoms with Gasteiger partial charge in [-0.3, -0.25) is 9.59 Å². The molecular formula is C20H19ClN4O2S. The van der Waals surface area contributed by atoms with Crippen molar-refractivity contribution >= 4 is 45.9 Å². The molecule has 4 rings (SSSR count). The van der Waals surface area contributed by atoms with Crippen molar-refractivity contribution in [3.63, 3.8) is 0 Å².